The Bertz CT molecular complexity index is 619. The van der Waals surface area contributed by atoms with E-state index in [9.17, 15) is 10.1 Å². The van der Waals surface area contributed by atoms with E-state index in [0.717, 1.165) is 19.4 Å². The highest BCUT2D eigenvalue weighted by Crippen LogP contribution is 2.24. The molecule has 1 aliphatic rings. The summed E-state index contributed by atoms with van der Waals surface area (Å²) >= 11 is 0. The second-order valence-electron chi connectivity index (χ2n) is 4.80. The number of nitro benzene ring substituents is 1. The van der Waals surface area contributed by atoms with Crippen LogP contribution in [0.5, 0.6) is 0 Å². The average molecular weight is 277 g/mol. The fraction of sp³-hybridized carbons (Fsp3) is 0.462. The molecule has 1 atom stereocenters. The van der Waals surface area contributed by atoms with Crippen molar-refractivity contribution in [3.05, 3.63) is 28.3 Å². The van der Waals surface area contributed by atoms with Gasteiger partial charge in [0.05, 0.1) is 17.1 Å². The predicted molar refractivity (Wildman–Crippen MR) is 72.7 cm³/mol. The zero-order chi connectivity index (χ0) is 13.9. The molecule has 106 valence electrons. The maximum absolute atomic E-state index is 10.7. The van der Waals surface area contributed by atoms with Crippen molar-refractivity contribution in [1.29, 1.82) is 0 Å². The Labute approximate surface area is 115 Å². The lowest BCUT2D eigenvalue weighted by Crippen LogP contribution is -2.27. The summed E-state index contributed by atoms with van der Waals surface area (Å²) in [6.45, 7) is 1.43. The van der Waals surface area contributed by atoms with Gasteiger partial charge in [-0.1, -0.05) is 0 Å². The van der Waals surface area contributed by atoms with Gasteiger partial charge in [0.2, 0.25) is 0 Å². The number of rotatable bonds is 4. The quantitative estimate of drug-likeness (QED) is 0.682. The lowest BCUT2D eigenvalue weighted by Gasteiger charge is -2.22. The van der Waals surface area contributed by atoms with Crippen LogP contribution >= 0.6 is 0 Å². The predicted octanol–water partition coefficient (Wildman–Crippen LogP) is 2.72. The van der Waals surface area contributed by atoms with Gasteiger partial charge in [0.1, 0.15) is 5.52 Å². The number of nitro groups is 1. The number of non-ortho nitro benzene ring substituents is 1. The van der Waals surface area contributed by atoms with Crippen molar-refractivity contribution in [3.63, 3.8) is 0 Å². The summed E-state index contributed by atoms with van der Waals surface area (Å²) in [5.41, 5.74) is 1.00. The summed E-state index contributed by atoms with van der Waals surface area (Å²) in [6.07, 6.45) is 3.49. The number of anilines is 1. The van der Waals surface area contributed by atoms with Gasteiger partial charge >= 0.3 is 0 Å². The molecule has 0 aliphatic carbocycles. The van der Waals surface area contributed by atoms with Crippen molar-refractivity contribution in [3.8, 4) is 0 Å². The number of hydrogen-bond acceptors (Lipinski definition) is 6. The van der Waals surface area contributed by atoms with Crippen molar-refractivity contribution in [2.45, 2.75) is 25.4 Å². The van der Waals surface area contributed by atoms with E-state index in [1.807, 2.05) is 0 Å². The van der Waals surface area contributed by atoms with Crippen molar-refractivity contribution in [2.24, 2.45) is 0 Å². The molecule has 20 heavy (non-hydrogen) atoms. The smallest absolute Gasteiger partial charge is 0.295 e. The highest BCUT2D eigenvalue weighted by molar-refractivity contribution is 5.77. The number of oxazole rings is 1. The highest BCUT2D eigenvalue weighted by Gasteiger charge is 2.15. The van der Waals surface area contributed by atoms with Crippen LogP contribution in [0.4, 0.5) is 11.7 Å². The van der Waals surface area contributed by atoms with Crippen LogP contribution < -0.4 is 5.32 Å². The molecule has 2 heterocycles. The SMILES string of the molecule is O=[N+]([O-])c1ccc2nc(NCC3CCCCO3)oc2c1. The van der Waals surface area contributed by atoms with Crippen LogP contribution in [-0.4, -0.2) is 29.2 Å². The van der Waals surface area contributed by atoms with Crippen LogP contribution in [0.1, 0.15) is 19.3 Å². The van der Waals surface area contributed by atoms with Crippen molar-refractivity contribution < 1.29 is 14.1 Å². The molecule has 2 aromatic rings. The molecule has 1 N–H and O–H groups in total. The number of benzene rings is 1. The first kappa shape index (κ1) is 12.9. The van der Waals surface area contributed by atoms with E-state index in [-0.39, 0.29) is 11.8 Å². The fourth-order valence-electron chi connectivity index (χ4n) is 2.27. The Morgan fingerprint density at radius 1 is 1.45 bits per heavy atom. The van der Waals surface area contributed by atoms with Gasteiger partial charge in [0.15, 0.2) is 5.58 Å². The maximum atomic E-state index is 10.7. The summed E-state index contributed by atoms with van der Waals surface area (Å²) < 4.78 is 11.1. The van der Waals surface area contributed by atoms with Crippen molar-refractivity contribution in [2.75, 3.05) is 18.5 Å². The molecule has 1 fully saturated rings. The molecule has 0 bridgehead atoms. The first-order chi connectivity index (χ1) is 9.72. The molecule has 1 aromatic carbocycles. The molecule has 0 saturated carbocycles. The molecule has 0 radical (unpaired) electrons. The largest absolute Gasteiger partial charge is 0.423 e. The van der Waals surface area contributed by atoms with Crippen molar-refractivity contribution in [1.82, 2.24) is 4.98 Å². The van der Waals surface area contributed by atoms with Crippen LogP contribution in [0.25, 0.3) is 11.1 Å². The monoisotopic (exact) mass is 277 g/mol. The standard InChI is InChI=1S/C13H15N3O4/c17-16(18)9-4-5-11-12(7-9)20-13(15-11)14-8-10-3-1-2-6-19-10/h4-5,7,10H,1-3,6,8H2,(H,14,15). The minimum atomic E-state index is -0.453. The van der Waals surface area contributed by atoms with Crippen LogP contribution in [0.15, 0.2) is 22.6 Å². The van der Waals surface area contributed by atoms with Gasteiger partial charge in [0.25, 0.3) is 11.7 Å². The molecule has 7 heteroatoms. The number of aromatic nitrogens is 1. The number of nitrogens with zero attached hydrogens (tertiary/aromatic N) is 2. The number of nitrogens with one attached hydrogen (secondary N) is 1. The third kappa shape index (κ3) is 2.72. The molecule has 1 unspecified atom stereocenters. The summed E-state index contributed by atoms with van der Waals surface area (Å²) in [4.78, 5) is 14.5. The van der Waals surface area contributed by atoms with Crippen LogP contribution in [0, 0.1) is 10.1 Å². The average Bonchev–Trinajstić information content (AvgIpc) is 2.88. The highest BCUT2D eigenvalue weighted by atomic mass is 16.6. The molecular formula is C13H15N3O4. The van der Waals surface area contributed by atoms with Crippen LogP contribution in [0.3, 0.4) is 0 Å². The Morgan fingerprint density at radius 3 is 3.10 bits per heavy atom. The zero-order valence-electron chi connectivity index (χ0n) is 10.9. The van der Waals surface area contributed by atoms with E-state index in [0.29, 0.717) is 23.7 Å². The normalized spacial score (nSPS) is 19.1. The topological polar surface area (TPSA) is 90.4 Å². The minimum absolute atomic E-state index is 0.00388. The van der Waals surface area contributed by atoms with Crippen LogP contribution in [0.2, 0.25) is 0 Å². The van der Waals surface area contributed by atoms with E-state index in [2.05, 4.69) is 10.3 Å². The molecule has 7 nitrogen and oxygen atoms in total. The van der Waals surface area contributed by atoms with E-state index in [1.165, 1.54) is 18.6 Å². The minimum Gasteiger partial charge on any atom is -0.423 e. The number of ether oxygens (including phenoxy) is 1. The molecule has 0 spiro atoms. The third-order valence-electron chi connectivity index (χ3n) is 3.34. The van der Waals surface area contributed by atoms with Gasteiger partial charge in [-0.15, -0.1) is 0 Å². The molecule has 1 aliphatic heterocycles. The van der Waals surface area contributed by atoms with E-state index in [4.69, 9.17) is 9.15 Å². The Kier molecular flexibility index (Phi) is 3.51. The van der Waals surface area contributed by atoms with Crippen molar-refractivity contribution >= 4 is 22.8 Å². The van der Waals surface area contributed by atoms with E-state index in [1.54, 1.807) is 6.07 Å². The van der Waals surface area contributed by atoms with Gasteiger partial charge < -0.3 is 14.5 Å². The second-order valence-corrected chi connectivity index (χ2v) is 4.80. The Hall–Kier alpha value is -2.15. The lowest BCUT2D eigenvalue weighted by molar-refractivity contribution is -0.384. The third-order valence-corrected chi connectivity index (χ3v) is 3.34. The van der Waals surface area contributed by atoms with Gasteiger partial charge in [-0.25, -0.2) is 0 Å². The molecule has 1 aromatic heterocycles. The lowest BCUT2D eigenvalue weighted by atomic mass is 10.1. The number of hydrogen-bond donors (Lipinski definition) is 1. The fourth-order valence-corrected chi connectivity index (χ4v) is 2.27. The summed E-state index contributed by atoms with van der Waals surface area (Å²) in [7, 11) is 0. The Morgan fingerprint density at radius 2 is 2.35 bits per heavy atom. The van der Waals surface area contributed by atoms with E-state index >= 15 is 0 Å². The van der Waals surface area contributed by atoms with Gasteiger partial charge in [-0.05, 0) is 25.3 Å². The number of fused-ring (bicyclic) bond motifs is 1. The molecule has 1 saturated heterocycles. The zero-order valence-corrected chi connectivity index (χ0v) is 10.9. The molecule has 3 rings (SSSR count). The summed E-state index contributed by atoms with van der Waals surface area (Å²) in [5.74, 6) is 0. The van der Waals surface area contributed by atoms with E-state index < -0.39 is 4.92 Å². The first-order valence-corrected chi connectivity index (χ1v) is 6.63. The molecule has 0 amide bonds. The van der Waals surface area contributed by atoms with Gasteiger partial charge in [-0.3, -0.25) is 10.1 Å². The summed E-state index contributed by atoms with van der Waals surface area (Å²) in [5, 5.41) is 13.8. The molecular weight excluding hydrogens is 262 g/mol. The maximum Gasteiger partial charge on any atom is 0.295 e. The first-order valence-electron chi connectivity index (χ1n) is 6.63. The van der Waals surface area contributed by atoms with Gasteiger partial charge in [0, 0.05) is 19.2 Å². The Balaban J connectivity index is 1.70. The second kappa shape index (κ2) is 5.46. The summed E-state index contributed by atoms with van der Waals surface area (Å²) in [6, 6.07) is 4.75. The van der Waals surface area contributed by atoms with Crippen LogP contribution in [-0.2, 0) is 4.74 Å². The van der Waals surface area contributed by atoms with Gasteiger partial charge in [-0.2, -0.15) is 4.98 Å².